The fraction of sp³-hybridized carbons (Fsp3) is 0.797. The highest BCUT2D eigenvalue weighted by molar-refractivity contribution is 8.76. The lowest BCUT2D eigenvalue weighted by Crippen LogP contribution is -2.54. The van der Waals surface area contributed by atoms with Crippen LogP contribution in [0.5, 0.6) is 0 Å². The number of ether oxygens (including phenoxy) is 7. The summed E-state index contributed by atoms with van der Waals surface area (Å²) in [6, 6.07) is -2.60. The molecule has 1 aliphatic heterocycles. The Morgan fingerprint density at radius 3 is 1.67 bits per heavy atom. The number of hydrogen-bond acceptors (Lipinski definition) is 26. The zero-order valence-electron chi connectivity index (χ0n) is 62.0. The molecule has 105 heavy (non-hydrogen) atoms. The van der Waals surface area contributed by atoms with Gasteiger partial charge in [-0.25, -0.2) is 0 Å². The number of thioether (sulfide) groups is 1. The summed E-state index contributed by atoms with van der Waals surface area (Å²) in [6.45, 7) is 9.12. The maximum atomic E-state index is 14.1. The molecule has 1 saturated heterocycles. The average Bonchev–Trinajstić information content (AvgIpc) is 1.69. The molecule has 1 aliphatic rings. The molecule has 1 fully saturated rings. The zero-order valence-corrected chi connectivity index (χ0v) is 64.5. The highest BCUT2D eigenvalue weighted by atomic mass is 33.1. The van der Waals surface area contributed by atoms with E-state index in [0.29, 0.717) is 117 Å². The molecule has 0 aromatic heterocycles. The van der Waals surface area contributed by atoms with Gasteiger partial charge in [-0.1, -0.05) is 34.9 Å². The molecule has 0 aromatic carbocycles. The van der Waals surface area contributed by atoms with Crippen LogP contribution in [-0.2, 0) is 100 Å². The predicted octanol–water partition coefficient (Wildman–Crippen LogP) is 0.139. The van der Waals surface area contributed by atoms with E-state index in [1.54, 1.807) is 28.5 Å². The van der Waals surface area contributed by atoms with Crippen molar-refractivity contribution < 1.29 is 110 Å². The summed E-state index contributed by atoms with van der Waals surface area (Å²) in [6.07, 6.45) is 3.93. The Kier molecular flexibility index (Phi) is 59.3. The lowest BCUT2D eigenvalue weighted by molar-refractivity contribution is -0.139. The topological polar surface area (TPSA) is 470 Å². The van der Waals surface area contributed by atoms with E-state index in [-0.39, 0.29) is 190 Å². The number of imide groups is 1. The maximum absolute atomic E-state index is 14.1. The third-order valence-electron chi connectivity index (χ3n) is 16.0. The van der Waals surface area contributed by atoms with Crippen LogP contribution in [0.4, 0.5) is 0 Å². The highest BCUT2D eigenvalue weighted by Crippen LogP contribution is 2.27. The van der Waals surface area contributed by atoms with Crippen LogP contribution in [0.2, 0.25) is 0 Å². The van der Waals surface area contributed by atoms with Gasteiger partial charge in [0.15, 0.2) is 0 Å². The minimum atomic E-state index is -1.38. The van der Waals surface area contributed by atoms with E-state index < -0.39 is 82.3 Å². The van der Waals surface area contributed by atoms with Gasteiger partial charge in [-0.2, -0.15) is 0 Å². The van der Waals surface area contributed by atoms with Gasteiger partial charge in [-0.15, -0.1) is 11.8 Å². The summed E-state index contributed by atoms with van der Waals surface area (Å²) < 4.78 is 38.8. The summed E-state index contributed by atoms with van der Waals surface area (Å²) in [5.41, 5.74) is 5.77. The number of primary amides is 1. The minimum absolute atomic E-state index is 0.00787. The van der Waals surface area contributed by atoms with Crippen LogP contribution in [0.15, 0.2) is 0 Å². The quantitative estimate of drug-likeness (QED) is 0.0219. The molecule has 0 bridgehead atoms. The Labute approximate surface area is 629 Å². The number of carbonyl (C=O) groups is 14. The van der Waals surface area contributed by atoms with Crippen LogP contribution in [0.25, 0.3) is 0 Å². The molecule has 6 unspecified atom stereocenters. The van der Waals surface area contributed by atoms with Crippen molar-refractivity contribution in [3.05, 3.63) is 0 Å². The Hall–Kier alpha value is -5.93. The molecular weight excluding hydrogens is 1430 g/mol. The van der Waals surface area contributed by atoms with Crippen LogP contribution < -0.4 is 48.3 Å². The second-order valence-electron chi connectivity index (χ2n) is 24.8. The van der Waals surface area contributed by atoms with Gasteiger partial charge in [0.25, 0.3) is 0 Å². The van der Waals surface area contributed by atoms with Gasteiger partial charge >= 0.3 is 0 Å². The van der Waals surface area contributed by atoms with Gasteiger partial charge in [0, 0.05) is 147 Å². The van der Waals surface area contributed by atoms with Crippen LogP contribution in [-0.4, -0.2) is 284 Å². The fourth-order valence-corrected chi connectivity index (χ4v) is 13.4. The first kappa shape index (κ1) is 97.1. The molecule has 1 heterocycles. The first-order valence-corrected chi connectivity index (χ1v) is 40.0. The van der Waals surface area contributed by atoms with E-state index in [9.17, 15) is 72.2 Å². The molecule has 12 N–H and O–H groups in total. The molecule has 602 valence electrons. The van der Waals surface area contributed by atoms with Crippen molar-refractivity contribution in [3.63, 3.8) is 0 Å². The lowest BCUT2D eigenvalue weighted by atomic mass is 9.91. The zero-order chi connectivity index (χ0) is 77.7. The molecule has 1 rings (SSSR count). The van der Waals surface area contributed by atoms with Crippen molar-refractivity contribution in [3.8, 4) is 0 Å². The Morgan fingerprint density at radius 2 is 1.09 bits per heavy atom. The second kappa shape index (κ2) is 64.1. The number of Topliss-reactive ketones (excluding diaryl/α,β-unsaturated/α-hetero) is 3. The normalized spacial score (nSPS) is 14.2. The summed E-state index contributed by atoms with van der Waals surface area (Å²) in [5.74, 6) is -6.42. The van der Waals surface area contributed by atoms with Gasteiger partial charge in [0.1, 0.15) is 29.4 Å². The first-order valence-electron chi connectivity index (χ1n) is 36.5. The van der Waals surface area contributed by atoms with Gasteiger partial charge in [0.05, 0.1) is 110 Å². The molecule has 0 aromatic rings. The number of rotatable bonds is 71. The number of unbranched alkanes of at least 4 members (excludes halogenated alkanes) is 2. The van der Waals surface area contributed by atoms with Gasteiger partial charge < -0.3 is 96.4 Å². The van der Waals surface area contributed by atoms with Gasteiger partial charge in [0.2, 0.25) is 65.0 Å². The Morgan fingerprint density at radius 1 is 0.514 bits per heavy atom. The van der Waals surface area contributed by atoms with Crippen LogP contribution in [0.1, 0.15) is 149 Å². The van der Waals surface area contributed by atoms with Crippen molar-refractivity contribution in [2.45, 2.75) is 167 Å². The number of carbonyl (C=O) groups excluding carboxylic acids is 14. The van der Waals surface area contributed by atoms with Crippen molar-refractivity contribution >= 4 is 116 Å². The fourth-order valence-electron chi connectivity index (χ4n) is 10.2. The molecule has 36 heteroatoms. The largest absolute Gasteiger partial charge is 0.395 e. The maximum Gasteiger partial charge on any atom is 0.243 e. The SMILES string of the molecule is CCC(=O)NCCCCC(NC(=O)CCC(CCC(=O)CC(CCCCNC(=O)CCCC(=O)CCCSSCCNC(C)=O)C(=O)NCCO)COCCOCCOCCOCCOCCOCCOCCO)C(=O)NC(CSC1CC(=O)N(CCC(=O)NCC(CC(C)=O)C(=O)NC)C1=O)C(N)=O. The van der Waals surface area contributed by atoms with E-state index >= 15 is 0 Å². The average molecular weight is 1550 g/mol. The lowest BCUT2D eigenvalue weighted by Gasteiger charge is -2.23. The van der Waals surface area contributed by atoms with Crippen molar-refractivity contribution in [2.24, 2.45) is 23.5 Å². The second-order valence-corrected chi connectivity index (χ2v) is 28.7. The molecule has 11 amide bonds. The molecule has 0 spiro atoms. The summed E-state index contributed by atoms with van der Waals surface area (Å²) in [5, 5.41) is 38.6. The molecule has 33 nitrogen and oxygen atoms in total. The number of amides is 11. The molecular formula is C69H120N10O23S3. The first-order chi connectivity index (χ1) is 50.5. The number of hydrogen-bond donors (Lipinski definition) is 11. The van der Waals surface area contributed by atoms with Crippen LogP contribution >= 0.6 is 33.3 Å². The van der Waals surface area contributed by atoms with E-state index in [2.05, 4.69) is 42.5 Å². The number of nitrogens with zero attached hydrogens (tertiary/aromatic N) is 1. The Balaban J connectivity index is 3.04. The van der Waals surface area contributed by atoms with Gasteiger partial charge in [-0.3, -0.25) is 67.2 Å². The van der Waals surface area contributed by atoms with E-state index in [0.717, 1.165) is 34.6 Å². The van der Waals surface area contributed by atoms with E-state index in [4.69, 9.17) is 44.0 Å². The van der Waals surface area contributed by atoms with Crippen LogP contribution in [0.3, 0.4) is 0 Å². The molecule has 0 radical (unpaired) electrons. The third kappa shape index (κ3) is 52.7. The number of nitrogens with one attached hydrogen (secondary N) is 8. The Bertz CT molecular complexity index is 2570. The summed E-state index contributed by atoms with van der Waals surface area (Å²) >= 11 is 0.898. The van der Waals surface area contributed by atoms with Crippen molar-refractivity contribution in [2.75, 3.05) is 169 Å². The van der Waals surface area contributed by atoms with E-state index in [1.807, 2.05) is 0 Å². The van der Waals surface area contributed by atoms with E-state index in [1.165, 1.54) is 20.9 Å². The summed E-state index contributed by atoms with van der Waals surface area (Å²) in [4.78, 5) is 180. The minimum Gasteiger partial charge on any atom is -0.395 e. The monoisotopic (exact) mass is 1550 g/mol. The smallest absolute Gasteiger partial charge is 0.243 e. The van der Waals surface area contributed by atoms with Gasteiger partial charge in [-0.05, 0) is 70.6 Å². The third-order valence-corrected chi connectivity index (χ3v) is 19.8. The molecule has 0 aliphatic carbocycles. The highest BCUT2D eigenvalue weighted by Gasteiger charge is 2.40. The number of nitrogens with two attached hydrogens (primary N) is 1. The van der Waals surface area contributed by atoms with Crippen LogP contribution in [0, 0.1) is 17.8 Å². The molecule has 0 saturated carbocycles. The number of ketones is 3. The van der Waals surface area contributed by atoms with Crippen molar-refractivity contribution in [1.82, 2.24) is 47.4 Å². The predicted molar refractivity (Wildman–Crippen MR) is 395 cm³/mol. The number of aliphatic hydroxyl groups is 2. The van der Waals surface area contributed by atoms with Crippen molar-refractivity contribution in [1.29, 1.82) is 0 Å². The standard InChI is InChI=1S/C69H120N10O23S3/c1-5-60(86)73-22-9-7-15-57(68(94)78-58(65(70)91)49-103-59-46-64(90)79(69(59)95)26-21-62(88)76-47-54(44-50(2)82)66(92)71-4)77-63(89)20-18-52(48-102-41-40-101-39-38-100-37-36-99-35-34-98-33-32-97-31-30-96-29-28-81)17-19-56(85)45-53(67(93)75-24-27-80)12-6-8-23-74-61(87)16-10-13-55(84)14-11-42-104-105-43-25-72-51(3)83/h52-54,57-59,80-81H,5-49H2,1-4H3,(H2,70,91)(H,71,92)(H,72,83)(H,73,86)(H,74,87)(H,75,93)(H,76,88)(H,77,89)(H,78,94). The number of aliphatic hydroxyl groups excluding tert-OH is 2. The number of likely N-dealkylation sites (tertiary alicyclic amines) is 1. The summed E-state index contributed by atoms with van der Waals surface area (Å²) in [7, 11) is 4.68. The molecule has 6 atom stereocenters.